The summed E-state index contributed by atoms with van der Waals surface area (Å²) in [6.07, 6.45) is 2.08. The Bertz CT molecular complexity index is 434. The van der Waals surface area contributed by atoms with Crippen LogP contribution in [0.25, 0.3) is 0 Å². The summed E-state index contributed by atoms with van der Waals surface area (Å²) in [7, 11) is 4.31. The Kier molecular flexibility index (Phi) is 4.87. The Hall–Kier alpha value is -0.580. The van der Waals surface area contributed by atoms with Crippen molar-refractivity contribution in [3.63, 3.8) is 0 Å². The molecule has 4 heteroatoms. The van der Waals surface area contributed by atoms with Gasteiger partial charge in [0.1, 0.15) is 0 Å². The number of rotatable bonds is 3. The average Bonchev–Trinajstić information content (AvgIpc) is 2.38. The second-order valence-corrected chi connectivity index (χ2v) is 6.45. The third kappa shape index (κ3) is 3.50. The van der Waals surface area contributed by atoms with E-state index < -0.39 is 6.10 Å². The number of likely N-dealkylation sites (N-methyl/N-ethyl adjacent to an activating group) is 1. The minimum atomic E-state index is -0.416. The first-order valence-electron chi connectivity index (χ1n) is 6.88. The van der Waals surface area contributed by atoms with Crippen molar-refractivity contribution in [2.75, 3.05) is 32.1 Å². The van der Waals surface area contributed by atoms with Crippen LogP contribution in [0, 0.1) is 0 Å². The van der Waals surface area contributed by atoms with Crippen molar-refractivity contribution in [1.82, 2.24) is 4.90 Å². The molecule has 1 fully saturated rings. The van der Waals surface area contributed by atoms with Gasteiger partial charge in [0, 0.05) is 23.6 Å². The molecular weight excluding hydrogens is 304 g/mol. The standard InChI is InChI=1S/C15H23BrN2O/c1-11(19)12-6-7-15(14(16)9-12)18-8-4-5-13(10-18)17(2)3/h6-7,9,11,13,19H,4-5,8,10H2,1-3H3/t11-,13?/m1/s1. The zero-order valence-electron chi connectivity index (χ0n) is 11.9. The predicted molar refractivity (Wildman–Crippen MR) is 83.7 cm³/mol. The number of halogens is 1. The molecule has 2 rings (SSSR count). The maximum absolute atomic E-state index is 9.62. The van der Waals surface area contributed by atoms with Crippen molar-refractivity contribution < 1.29 is 5.11 Å². The van der Waals surface area contributed by atoms with Crippen LogP contribution in [0.1, 0.15) is 31.4 Å². The molecule has 0 aromatic heterocycles. The minimum Gasteiger partial charge on any atom is -0.389 e. The number of benzene rings is 1. The molecule has 0 radical (unpaired) electrons. The summed E-state index contributed by atoms with van der Waals surface area (Å²) in [5.74, 6) is 0. The largest absolute Gasteiger partial charge is 0.389 e. The Balaban J connectivity index is 2.17. The number of aliphatic hydroxyl groups is 1. The molecule has 1 unspecified atom stereocenters. The molecule has 0 amide bonds. The maximum atomic E-state index is 9.62. The van der Waals surface area contributed by atoms with Crippen LogP contribution in [0.3, 0.4) is 0 Å². The van der Waals surface area contributed by atoms with E-state index in [0.717, 1.165) is 23.1 Å². The fraction of sp³-hybridized carbons (Fsp3) is 0.600. The number of nitrogens with zero attached hydrogens (tertiary/aromatic N) is 2. The summed E-state index contributed by atoms with van der Waals surface area (Å²) >= 11 is 3.64. The van der Waals surface area contributed by atoms with E-state index in [1.807, 2.05) is 12.1 Å². The molecule has 2 atom stereocenters. The molecule has 1 aromatic rings. The first-order valence-corrected chi connectivity index (χ1v) is 7.67. The van der Waals surface area contributed by atoms with Crippen LogP contribution in [0.4, 0.5) is 5.69 Å². The van der Waals surface area contributed by atoms with Crippen LogP contribution in [0.2, 0.25) is 0 Å². The summed E-state index contributed by atoms with van der Waals surface area (Å²) in [6.45, 7) is 3.97. The molecule has 19 heavy (non-hydrogen) atoms. The first-order chi connectivity index (χ1) is 8.99. The number of hydrogen-bond donors (Lipinski definition) is 1. The van der Waals surface area contributed by atoms with Crippen molar-refractivity contribution >= 4 is 21.6 Å². The number of aliphatic hydroxyl groups excluding tert-OH is 1. The molecule has 1 N–H and O–H groups in total. The number of hydrogen-bond acceptors (Lipinski definition) is 3. The van der Waals surface area contributed by atoms with Crippen molar-refractivity contribution in [1.29, 1.82) is 0 Å². The molecule has 106 valence electrons. The molecule has 1 saturated heterocycles. The Morgan fingerprint density at radius 3 is 2.74 bits per heavy atom. The highest BCUT2D eigenvalue weighted by Gasteiger charge is 2.22. The third-order valence-corrected chi connectivity index (χ3v) is 4.56. The predicted octanol–water partition coefficient (Wildman–Crippen LogP) is 3.03. The monoisotopic (exact) mass is 326 g/mol. The highest BCUT2D eigenvalue weighted by Crippen LogP contribution is 2.31. The molecule has 0 aliphatic carbocycles. The van der Waals surface area contributed by atoms with Gasteiger partial charge in [0.2, 0.25) is 0 Å². The van der Waals surface area contributed by atoms with Crippen molar-refractivity contribution in [3.05, 3.63) is 28.2 Å². The second kappa shape index (κ2) is 6.25. The van der Waals surface area contributed by atoms with Gasteiger partial charge in [-0.1, -0.05) is 6.07 Å². The van der Waals surface area contributed by atoms with E-state index in [-0.39, 0.29) is 0 Å². The molecule has 0 spiro atoms. The summed E-state index contributed by atoms with van der Waals surface area (Å²) in [4.78, 5) is 4.74. The van der Waals surface area contributed by atoms with E-state index in [9.17, 15) is 5.11 Å². The summed E-state index contributed by atoms with van der Waals surface area (Å²) < 4.78 is 1.07. The van der Waals surface area contributed by atoms with Crippen molar-refractivity contribution in [2.24, 2.45) is 0 Å². The highest BCUT2D eigenvalue weighted by atomic mass is 79.9. The SMILES string of the molecule is C[C@@H](O)c1ccc(N2CCCC(N(C)C)C2)c(Br)c1. The second-order valence-electron chi connectivity index (χ2n) is 5.59. The zero-order chi connectivity index (χ0) is 14.0. The smallest absolute Gasteiger partial charge is 0.0762 e. The van der Waals surface area contributed by atoms with Crippen molar-refractivity contribution in [3.8, 4) is 0 Å². The molecule has 0 saturated carbocycles. The van der Waals surface area contributed by atoms with Crippen LogP contribution < -0.4 is 4.90 Å². The summed E-state index contributed by atoms with van der Waals surface area (Å²) in [5, 5.41) is 9.62. The van der Waals surface area contributed by atoms with E-state index in [1.54, 1.807) is 6.92 Å². The Morgan fingerprint density at radius 2 is 2.16 bits per heavy atom. The molecular formula is C15H23BrN2O. The van der Waals surface area contributed by atoms with Gasteiger partial charge in [-0.3, -0.25) is 0 Å². The van der Waals surface area contributed by atoms with Crippen LogP contribution in [0.15, 0.2) is 22.7 Å². The lowest BCUT2D eigenvalue weighted by Crippen LogP contribution is -2.45. The molecule has 1 aliphatic rings. The maximum Gasteiger partial charge on any atom is 0.0762 e. The summed E-state index contributed by atoms with van der Waals surface area (Å²) in [5.41, 5.74) is 2.19. The van der Waals surface area contributed by atoms with E-state index in [2.05, 4.69) is 45.9 Å². The van der Waals surface area contributed by atoms with E-state index in [0.29, 0.717) is 6.04 Å². The summed E-state index contributed by atoms with van der Waals surface area (Å²) in [6, 6.07) is 6.78. The van der Waals surface area contributed by atoms with Gasteiger partial charge in [-0.25, -0.2) is 0 Å². The highest BCUT2D eigenvalue weighted by molar-refractivity contribution is 9.10. The van der Waals surface area contributed by atoms with Gasteiger partial charge in [-0.05, 0) is 67.5 Å². The van der Waals surface area contributed by atoms with Gasteiger partial charge in [0.25, 0.3) is 0 Å². The number of anilines is 1. The van der Waals surface area contributed by atoms with Crippen molar-refractivity contribution in [2.45, 2.75) is 31.9 Å². The lowest BCUT2D eigenvalue weighted by molar-refractivity contribution is 0.199. The van der Waals surface area contributed by atoms with Gasteiger partial charge < -0.3 is 14.9 Å². The first kappa shape index (κ1) is 14.8. The Morgan fingerprint density at radius 1 is 1.42 bits per heavy atom. The Labute approximate surface area is 124 Å². The normalized spacial score (nSPS) is 21.8. The lowest BCUT2D eigenvalue weighted by Gasteiger charge is -2.38. The van der Waals surface area contributed by atoms with E-state index >= 15 is 0 Å². The fourth-order valence-corrected chi connectivity index (χ4v) is 3.28. The zero-order valence-corrected chi connectivity index (χ0v) is 13.5. The van der Waals surface area contributed by atoms with Gasteiger partial charge >= 0.3 is 0 Å². The molecule has 1 aromatic carbocycles. The molecule has 0 bridgehead atoms. The lowest BCUT2D eigenvalue weighted by atomic mass is 10.0. The van der Waals surface area contributed by atoms with Gasteiger partial charge in [-0.15, -0.1) is 0 Å². The average molecular weight is 327 g/mol. The molecule has 3 nitrogen and oxygen atoms in total. The third-order valence-electron chi connectivity index (χ3n) is 3.92. The number of piperidine rings is 1. The van der Waals surface area contributed by atoms with Crippen LogP contribution in [-0.2, 0) is 0 Å². The van der Waals surface area contributed by atoms with E-state index in [4.69, 9.17) is 0 Å². The topological polar surface area (TPSA) is 26.7 Å². The van der Waals surface area contributed by atoms with Gasteiger partial charge in [0.05, 0.1) is 11.8 Å². The van der Waals surface area contributed by atoms with Crippen LogP contribution in [0.5, 0.6) is 0 Å². The minimum absolute atomic E-state index is 0.416. The van der Waals surface area contributed by atoms with Gasteiger partial charge in [0.15, 0.2) is 0 Å². The van der Waals surface area contributed by atoms with Gasteiger partial charge in [-0.2, -0.15) is 0 Å². The quantitative estimate of drug-likeness (QED) is 0.924. The molecule has 1 heterocycles. The fourth-order valence-electron chi connectivity index (χ4n) is 2.63. The van der Waals surface area contributed by atoms with Crippen LogP contribution >= 0.6 is 15.9 Å². The van der Waals surface area contributed by atoms with Crippen LogP contribution in [-0.4, -0.2) is 43.2 Å². The molecule has 1 aliphatic heterocycles. The van der Waals surface area contributed by atoms with E-state index in [1.165, 1.54) is 18.5 Å².